The van der Waals surface area contributed by atoms with E-state index in [0.29, 0.717) is 12.1 Å². The third-order valence-electron chi connectivity index (χ3n) is 4.33. The third kappa shape index (κ3) is 7.28. The molecule has 0 bridgehead atoms. The van der Waals surface area contributed by atoms with E-state index in [1.165, 1.54) is 12.4 Å². The summed E-state index contributed by atoms with van der Waals surface area (Å²) in [5, 5.41) is 24.5. The van der Waals surface area contributed by atoms with Crippen molar-refractivity contribution in [2.75, 3.05) is 0 Å². The average molecular weight is 398 g/mol. The SMILES string of the molecule is Cc1cnc(C(=O)N[C@@H](Cc2ccccc2)C(=O)N[C@@H](CC(C)C)B(O)O)cn1. The highest BCUT2D eigenvalue weighted by Gasteiger charge is 2.30. The van der Waals surface area contributed by atoms with E-state index in [1.807, 2.05) is 44.2 Å². The number of benzene rings is 1. The molecule has 0 unspecified atom stereocenters. The number of hydrogen-bond acceptors (Lipinski definition) is 6. The zero-order valence-corrected chi connectivity index (χ0v) is 16.9. The normalized spacial score (nSPS) is 12.9. The van der Waals surface area contributed by atoms with Crippen molar-refractivity contribution in [2.45, 2.75) is 45.6 Å². The topological polar surface area (TPSA) is 124 Å². The van der Waals surface area contributed by atoms with Crippen LogP contribution in [-0.4, -0.2) is 50.9 Å². The molecule has 0 aliphatic rings. The fourth-order valence-corrected chi connectivity index (χ4v) is 2.85. The molecule has 0 radical (unpaired) electrons. The first-order chi connectivity index (χ1) is 13.8. The number of nitrogens with one attached hydrogen (secondary N) is 2. The Morgan fingerprint density at radius 3 is 2.31 bits per heavy atom. The van der Waals surface area contributed by atoms with E-state index in [9.17, 15) is 19.6 Å². The van der Waals surface area contributed by atoms with Gasteiger partial charge in [-0.2, -0.15) is 0 Å². The summed E-state index contributed by atoms with van der Waals surface area (Å²) < 4.78 is 0. The maximum Gasteiger partial charge on any atom is 0.475 e. The first-order valence-electron chi connectivity index (χ1n) is 9.56. The van der Waals surface area contributed by atoms with Crippen LogP contribution in [0.5, 0.6) is 0 Å². The standard InChI is InChI=1S/C20H27BN4O4/c1-13(2)9-18(21(28)29)25-19(26)16(10-15-7-5-4-6-8-15)24-20(27)17-12-22-14(3)11-23-17/h4-8,11-13,16,18,28-29H,9-10H2,1-3H3,(H,24,27)(H,25,26)/t16-,18-/m0/s1. The van der Waals surface area contributed by atoms with Crippen molar-refractivity contribution in [2.24, 2.45) is 5.92 Å². The van der Waals surface area contributed by atoms with Crippen LogP contribution in [0, 0.1) is 12.8 Å². The lowest BCUT2D eigenvalue weighted by Crippen LogP contribution is -2.55. The fourth-order valence-electron chi connectivity index (χ4n) is 2.85. The summed E-state index contributed by atoms with van der Waals surface area (Å²) in [5.41, 5.74) is 1.63. The van der Waals surface area contributed by atoms with Crippen molar-refractivity contribution in [3.63, 3.8) is 0 Å². The zero-order chi connectivity index (χ0) is 21.4. The predicted molar refractivity (Wildman–Crippen MR) is 110 cm³/mol. The van der Waals surface area contributed by atoms with Gasteiger partial charge in [-0.3, -0.25) is 14.6 Å². The Balaban J connectivity index is 2.18. The van der Waals surface area contributed by atoms with Crippen molar-refractivity contribution in [1.29, 1.82) is 0 Å². The summed E-state index contributed by atoms with van der Waals surface area (Å²) in [4.78, 5) is 33.5. The molecular formula is C20H27BN4O4. The van der Waals surface area contributed by atoms with Gasteiger partial charge >= 0.3 is 7.12 Å². The molecule has 0 saturated carbocycles. The second kappa shape index (κ2) is 10.7. The Hall–Kier alpha value is -2.78. The second-order valence-electron chi connectivity index (χ2n) is 7.42. The first-order valence-corrected chi connectivity index (χ1v) is 9.56. The van der Waals surface area contributed by atoms with Gasteiger partial charge in [-0.15, -0.1) is 0 Å². The number of aromatic nitrogens is 2. The molecule has 1 aromatic heterocycles. The van der Waals surface area contributed by atoms with Gasteiger partial charge < -0.3 is 20.7 Å². The van der Waals surface area contributed by atoms with E-state index < -0.39 is 30.9 Å². The van der Waals surface area contributed by atoms with Crippen LogP contribution in [0.1, 0.15) is 42.0 Å². The molecule has 0 spiro atoms. The van der Waals surface area contributed by atoms with Gasteiger partial charge in [0.25, 0.3) is 5.91 Å². The molecule has 2 amide bonds. The molecule has 2 aromatic rings. The Kier molecular flexibility index (Phi) is 8.29. The van der Waals surface area contributed by atoms with Crippen LogP contribution in [-0.2, 0) is 11.2 Å². The van der Waals surface area contributed by atoms with E-state index in [1.54, 1.807) is 6.92 Å². The number of carbonyl (C=O) groups is 2. The average Bonchev–Trinajstić information content (AvgIpc) is 2.67. The number of nitrogens with zero attached hydrogens (tertiary/aromatic N) is 2. The molecule has 4 N–H and O–H groups in total. The van der Waals surface area contributed by atoms with Gasteiger partial charge in [0.1, 0.15) is 11.7 Å². The minimum Gasteiger partial charge on any atom is -0.426 e. The van der Waals surface area contributed by atoms with Crippen LogP contribution in [0.15, 0.2) is 42.7 Å². The Morgan fingerprint density at radius 1 is 1.07 bits per heavy atom. The minimum absolute atomic E-state index is 0.0994. The first kappa shape index (κ1) is 22.5. The molecule has 1 aromatic carbocycles. The van der Waals surface area contributed by atoms with E-state index in [4.69, 9.17) is 0 Å². The highest BCUT2D eigenvalue weighted by Crippen LogP contribution is 2.09. The van der Waals surface area contributed by atoms with Crippen molar-refractivity contribution in [1.82, 2.24) is 20.6 Å². The Morgan fingerprint density at radius 2 is 1.76 bits per heavy atom. The van der Waals surface area contributed by atoms with Gasteiger partial charge in [-0.25, -0.2) is 4.98 Å². The number of rotatable bonds is 9. The minimum atomic E-state index is -1.70. The maximum atomic E-state index is 12.9. The Labute approximate surface area is 170 Å². The number of carbonyl (C=O) groups excluding carboxylic acids is 2. The third-order valence-corrected chi connectivity index (χ3v) is 4.33. The van der Waals surface area contributed by atoms with Crippen molar-refractivity contribution >= 4 is 18.9 Å². The second-order valence-corrected chi connectivity index (χ2v) is 7.42. The molecule has 0 aliphatic carbocycles. The van der Waals surface area contributed by atoms with Crippen LogP contribution in [0.2, 0.25) is 0 Å². The summed E-state index contributed by atoms with van der Waals surface area (Å²) in [7, 11) is -1.70. The smallest absolute Gasteiger partial charge is 0.426 e. The molecular weight excluding hydrogens is 371 g/mol. The van der Waals surface area contributed by atoms with E-state index in [-0.39, 0.29) is 18.0 Å². The van der Waals surface area contributed by atoms with Gasteiger partial charge in [0.05, 0.1) is 17.8 Å². The number of amides is 2. The van der Waals surface area contributed by atoms with Crippen molar-refractivity contribution in [3.05, 3.63) is 59.7 Å². The van der Waals surface area contributed by atoms with Gasteiger partial charge in [0.2, 0.25) is 5.91 Å². The molecule has 0 fully saturated rings. The molecule has 29 heavy (non-hydrogen) atoms. The summed E-state index contributed by atoms with van der Waals surface area (Å²) in [6.07, 6.45) is 3.45. The lowest BCUT2D eigenvalue weighted by molar-refractivity contribution is -0.123. The number of hydrogen-bond donors (Lipinski definition) is 4. The largest absolute Gasteiger partial charge is 0.475 e. The molecule has 2 rings (SSSR count). The summed E-state index contributed by atoms with van der Waals surface area (Å²) in [5.74, 6) is -1.72. The number of aryl methyl sites for hydroxylation is 1. The Bertz CT molecular complexity index is 800. The van der Waals surface area contributed by atoms with Crippen LogP contribution in [0.3, 0.4) is 0 Å². The predicted octanol–water partition coefficient (Wildman–Crippen LogP) is 0.669. The lowest BCUT2D eigenvalue weighted by atomic mass is 9.75. The summed E-state index contributed by atoms with van der Waals surface area (Å²) in [6.45, 7) is 5.59. The monoisotopic (exact) mass is 398 g/mol. The fraction of sp³-hybridized carbons (Fsp3) is 0.400. The zero-order valence-electron chi connectivity index (χ0n) is 16.9. The van der Waals surface area contributed by atoms with Crippen molar-refractivity contribution < 1.29 is 19.6 Å². The van der Waals surface area contributed by atoms with Crippen LogP contribution in [0.4, 0.5) is 0 Å². The van der Waals surface area contributed by atoms with Crippen LogP contribution in [0.25, 0.3) is 0 Å². The van der Waals surface area contributed by atoms with Gasteiger partial charge in [0.15, 0.2) is 0 Å². The van der Waals surface area contributed by atoms with E-state index in [2.05, 4.69) is 20.6 Å². The molecule has 0 aliphatic heterocycles. The highest BCUT2D eigenvalue weighted by molar-refractivity contribution is 6.43. The molecule has 8 nitrogen and oxygen atoms in total. The molecule has 0 saturated heterocycles. The quantitative estimate of drug-likeness (QED) is 0.461. The van der Waals surface area contributed by atoms with Gasteiger partial charge in [0, 0.05) is 12.6 Å². The summed E-state index contributed by atoms with van der Waals surface area (Å²) in [6, 6.07) is 8.34. The van der Waals surface area contributed by atoms with E-state index >= 15 is 0 Å². The molecule has 154 valence electrons. The molecule has 9 heteroatoms. The van der Waals surface area contributed by atoms with Gasteiger partial charge in [-0.05, 0) is 24.8 Å². The summed E-state index contributed by atoms with van der Waals surface area (Å²) >= 11 is 0. The molecule has 1 heterocycles. The van der Waals surface area contributed by atoms with Crippen LogP contribution >= 0.6 is 0 Å². The molecule has 2 atom stereocenters. The lowest BCUT2D eigenvalue weighted by Gasteiger charge is -2.24. The van der Waals surface area contributed by atoms with Crippen molar-refractivity contribution in [3.8, 4) is 0 Å². The highest BCUT2D eigenvalue weighted by atomic mass is 16.4. The van der Waals surface area contributed by atoms with Crippen LogP contribution < -0.4 is 10.6 Å². The van der Waals surface area contributed by atoms with E-state index in [0.717, 1.165) is 5.56 Å². The maximum absolute atomic E-state index is 12.9. The van der Waals surface area contributed by atoms with Gasteiger partial charge in [-0.1, -0.05) is 44.2 Å².